The maximum absolute atomic E-state index is 12.1. The number of nitrogen functional groups attached to an aromatic ring is 1. The molecular formula is C14H16ClN3OS. The number of benzene rings is 1. The highest BCUT2D eigenvalue weighted by Crippen LogP contribution is 2.27. The second kappa shape index (κ2) is 5.42. The number of carbonyl (C=O) groups excluding carboxylic acids is 1. The summed E-state index contributed by atoms with van der Waals surface area (Å²) in [6.45, 7) is 6.22. The Morgan fingerprint density at radius 1 is 1.35 bits per heavy atom. The Labute approximate surface area is 127 Å². The summed E-state index contributed by atoms with van der Waals surface area (Å²) in [7, 11) is 0. The van der Waals surface area contributed by atoms with Gasteiger partial charge in [0, 0.05) is 27.1 Å². The van der Waals surface area contributed by atoms with Crippen molar-refractivity contribution >= 4 is 39.7 Å². The van der Waals surface area contributed by atoms with Crippen LogP contribution in [0.3, 0.4) is 0 Å². The topological polar surface area (TPSA) is 68.0 Å². The Hall–Kier alpha value is -1.59. The molecule has 0 aliphatic heterocycles. The normalized spacial score (nSPS) is 11.4. The second-order valence-electron chi connectivity index (χ2n) is 5.52. The molecule has 20 heavy (non-hydrogen) atoms. The highest BCUT2D eigenvalue weighted by molar-refractivity contribution is 7.14. The van der Waals surface area contributed by atoms with Crippen LogP contribution in [0.15, 0.2) is 23.6 Å². The molecule has 2 rings (SSSR count). The van der Waals surface area contributed by atoms with E-state index in [2.05, 4.69) is 31.1 Å². The summed E-state index contributed by atoms with van der Waals surface area (Å²) < 4.78 is 0. The van der Waals surface area contributed by atoms with E-state index in [9.17, 15) is 4.79 Å². The van der Waals surface area contributed by atoms with E-state index in [-0.39, 0.29) is 11.3 Å². The number of carbonyl (C=O) groups is 1. The number of nitrogens with one attached hydrogen (secondary N) is 1. The minimum absolute atomic E-state index is 0.0417. The van der Waals surface area contributed by atoms with Crippen LogP contribution in [0, 0.1) is 0 Å². The smallest absolute Gasteiger partial charge is 0.257 e. The van der Waals surface area contributed by atoms with Gasteiger partial charge in [0.15, 0.2) is 5.13 Å². The molecule has 0 atom stereocenters. The fourth-order valence-electron chi connectivity index (χ4n) is 1.59. The lowest BCUT2D eigenvalue weighted by Crippen LogP contribution is -2.14. The van der Waals surface area contributed by atoms with Crippen LogP contribution in [-0.2, 0) is 5.41 Å². The number of amides is 1. The molecule has 0 unspecified atom stereocenters. The molecule has 6 heteroatoms. The van der Waals surface area contributed by atoms with Gasteiger partial charge >= 0.3 is 0 Å². The fourth-order valence-corrected chi connectivity index (χ4v) is 2.76. The van der Waals surface area contributed by atoms with E-state index in [0.29, 0.717) is 21.4 Å². The number of aromatic nitrogens is 1. The first-order chi connectivity index (χ1) is 9.25. The lowest BCUT2D eigenvalue weighted by molar-refractivity contribution is 0.102. The van der Waals surface area contributed by atoms with Crippen LogP contribution < -0.4 is 11.1 Å². The summed E-state index contributed by atoms with van der Waals surface area (Å²) in [5.74, 6) is -0.269. The number of nitrogens with zero attached hydrogens (tertiary/aromatic N) is 1. The van der Waals surface area contributed by atoms with E-state index in [1.54, 1.807) is 18.2 Å². The summed E-state index contributed by atoms with van der Waals surface area (Å²) in [4.78, 5) is 16.5. The third kappa shape index (κ3) is 3.49. The van der Waals surface area contributed by atoms with Crippen molar-refractivity contribution in [3.8, 4) is 0 Å². The van der Waals surface area contributed by atoms with Crippen LogP contribution in [0.5, 0.6) is 0 Å². The van der Waals surface area contributed by atoms with Gasteiger partial charge in [-0.15, -0.1) is 11.3 Å². The molecular weight excluding hydrogens is 294 g/mol. The summed E-state index contributed by atoms with van der Waals surface area (Å²) in [5.41, 5.74) is 7.45. The molecule has 0 saturated carbocycles. The maximum atomic E-state index is 12.1. The van der Waals surface area contributed by atoms with E-state index in [1.165, 1.54) is 11.3 Å². The average molecular weight is 310 g/mol. The van der Waals surface area contributed by atoms with E-state index in [4.69, 9.17) is 17.3 Å². The average Bonchev–Trinajstić information content (AvgIpc) is 2.75. The highest BCUT2D eigenvalue weighted by atomic mass is 35.5. The maximum Gasteiger partial charge on any atom is 0.257 e. The largest absolute Gasteiger partial charge is 0.399 e. The molecule has 0 bridgehead atoms. The molecule has 4 nitrogen and oxygen atoms in total. The van der Waals surface area contributed by atoms with Gasteiger partial charge in [-0.25, -0.2) is 4.98 Å². The first-order valence-corrected chi connectivity index (χ1v) is 7.35. The van der Waals surface area contributed by atoms with Gasteiger partial charge in [0.05, 0.1) is 5.69 Å². The lowest BCUT2D eigenvalue weighted by atomic mass is 9.93. The minimum Gasteiger partial charge on any atom is -0.399 e. The molecule has 1 heterocycles. The van der Waals surface area contributed by atoms with Gasteiger partial charge in [0.1, 0.15) is 0 Å². The molecule has 0 saturated heterocycles. The zero-order valence-corrected chi connectivity index (χ0v) is 13.1. The summed E-state index contributed by atoms with van der Waals surface area (Å²) in [6.07, 6.45) is 0. The Balaban J connectivity index is 2.17. The molecule has 0 aliphatic carbocycles. The van der Waals surface area contributed by atoms with Crippen molar-refractivity contribution in [3.05, 3.63) is 39.9 Å². The van der Waals surface area contributed by atoms with Gasteiger partial charge in [0.2, 0.25) is 0 Å². The van der Waals surface area contributed by atoms with Crippen LogP contribution in [0.2, 0.25) is 5.02 Å². The summed E-state index contributed by atoms with van der Waals surface area (Å²) in [5, 5.41) is 5.71. The van der Waals surface area contributed by atoms with Gasteiger partial charge < -0.3 is 5.73 Å². The van der Waals surface area contributed by atoms with Gasteiger partial charge in [0.25, 0.3) is 5.91 Å². The first kappa shape index (κ1) is 14.8. The SMILES string of the molecule is CC(C)(C)c1csc(NC(=O)c2cc(N)cc(Cl)c2)n1. The molecule has 2 aromatic rings. The van der Waals surface area contributed by atoms with Crippen LogP contribution in [0.1, 0.15) is 36.8 Å². The van der Waals surface area contributed by atoms with Crippen LogP contribution in [-0.4, -0.2) is 10.9 Å². The molecule has 3 N–H and O–H groups in total. The zero-order chi connectivity index (χ0) is 14.9. The summed E-state index contributed by atoms with van der Waals surface area (Å²) >= 11 is 7.29. The van der Waals surface area contributed by atoms with E-state index < -0.39 is 0 Å². The third-order valence-electron chi connectivity index (χ3n) is 2.68. The standard InChI is InChI=1S/C14H16ClN3OS/c1-14(2,3)11-7-20-13(17-11)18-12(19)8-4-9(15)6-10(16)5-8/h4-7H,16H2,1-3H3,(H,17,18,19). The monoisotopic (exact) mass is 309 g/mol. The molecule has 106 valence electrons. The molecule has 1 aromatic carbocycles. The van der Waals surface area contributed by atoms with Crippen molar-refractivity contribution in [1.82, 2.24) is 4.98 Å². The fraction of sp³-hybridized carbons (Fsp3) is 0.286. The van der Waals surface area contributed by atoms with E-state index in [1.807, 2.05) is 5.38 Å². The Bertz CT molecular complexity index is 626. The predicted molar refractivity (Wildman–Crippen MR) is 84.6 cm³/mol. The van der Waals surface area contributed by atoms with Gasteiger partial charge in [-0.3, -0.25) is 10.1 Å². The number of thiazole rings is 1. The third-order valence-corrected chi connectivity index (χ3v) is 3.65. The zero-order valence-electron chi connectivity index (χ0n) is 11.5. The molecule has 1 aromatic heterocycles. The number of anilines is 2. The van der Waals surface area contributed by atoms with Gasteiger partial charge in [-0.2, -0.15) is 0 Å². The number of nitrogens with two attached hydrogens (primary N) is 1. The van der Waals surface area contributed by atoms with E-state index in [0.717, 1.165) is 5.69 Å². The quantitative estimate of drug-likeness (QED) is 0.826. The van der Waals surface area contributed by atoms with Crippen molar-refractivity contribution in [2.75, 3.05) is 11.1 Å². The minimum atomic E-state index is -0.269. The molecule has 0 fully saturated rings. The number of hydrogen-bond acceptors (Lipinski definition) is 4. The van der Waals surface area contributed by atoms with Crippen LogP contribution >= 0.6 is 22.9 Å². The predicted octanol–water partition coefficient (Wildman–Crippen LogP) is 3.93. The number of hydrogen-bond donors (Lipinski definition) is 2. The second-order valence-corrected chi connectivity index (χ2v) is 6.81. The molecule has 0 radical (unpaired) electrons. The Kier molecular flexibility index (Phi) is 4.01. The van der Waals surface area contributed by atoms with Gasteiger partial charge in [-0.05, 0) is 18.2 Å². The Morgan fingerprint density at radius 3 is 2.60 bits per heavy atom. The van der Waals surface area contributed by atoms with Crippen molar-refractivity contribution in [2.45, 2.75) is 26.2 Å². The lowest BCUT2D eigenvalue weighted by Gasteiger charge is -2.14. The van der Waals surface area contributed by atoms with Gasteiger partial charge in [-0.1, -0.05) is 32.4 Å². The molecule has 0 aliphatic rings. The summed E-state index contributed by atoms with van der Waals surface area (Å²) in [6, 6.07) is 4.75. The molecule has 0 spiro atoms. The number of rotatable bonds is 2. The van der Waals surface area contributed by atoms with Crippen LogP contribution in [0.25, 0.3) is 0 Å². The van der Waals surface area contributed by atoms with Crippen molar-refractivity contribution < 1.29 is 4.79 Å². The first-order valence-electron chi connectivity index (χ1n) is 6.09. The number of halogens is 1. The van der Waals surface area contributed by atoms with E-state index >= 15 is 0 Å². The molecule has 1 amide bonds. The van der Waals surface area contributed by atoms with Crippen LogP contribution in [0.4, 0.5) is 10.8 Å². The van der Waals surface area contributed by atoms with Crippen molar-refractivity contribution in [1.29, 1.82) is 0 Å². The van der Waals surface area contributed by atoms with Crippen molar-refractivity contribution in [3.63, 3.8) is 0 Å². The highest BCUT2D eigenvalue weighted by Gasteiger charge is 2.18. The van der Waals surface area contributed by atoms with Crippen molar-refractivity contribution in [2.24, 2.45) is 0 Å². The Morgan fingerprint density at radius 2 is 2.05 bits per heavy atom.